The molecule has 0 atom stereocenters. The minimum absolute atomic E-state index is 0.161. The quantitative estimate of drug-likeness (QED) is 0.445. The van der Waals surface area contributed by atoms with Crippen LogP contribution in [0.5, 0.6) is 5.88 Å². The first-order valence-corrected chi connectivity index (χ1v) is 8.88. The van der Waals surface area contributed by atoms with Gasteiger partial charge in [-0.3, -0.25) is 4.79 Å². The van der Waals surface area contributed by atoms with Crippen LogP contribution in [-0.2, 0) is 9.53 Å². The highest BCUT2D eigenvalue weighted by atomic mass is 16.5. The Morgan fingerprint density at radius 3 is 2.54 bits per heavy atom. The molecule has 26 heavy (non-hydrogen) atoms. The molecular weight excluding hydrogens is 328 g/mol. The third kappa shape index (κ3) is 4.57. The van der Waals surface area contributed by atoms with Crippen molar-refractivity contribution in [3.63, 3.8) is 0 Å². The first-order chi connectivity index (χ1) is 12.8. The Hall–Kier alpha value is -2.95. The van der Waals surface area contributed by atoms with E-state index in [-0.39, 0.29) is 5.97 Å². The van der Waals surface area contributed by atoms with E-state index in [1.54, 1.807) is 0 Å². The average Bonchev–Trinajstić information content (AvgIpc) is 2.68. The van der Waals surface area contributed by atoms with Crippen LogP contribution in [0.3, 0.4) is 0 Å². The molecule has 1 heterocycles. The summed E-state index contributed by atoms with van der Waals surface area (Å²) in [6.45, 7) is 2.73. The molecule has 0 N–H and O–H groups in total. The minimum Gasteiger partial charge on any atom is -0.477 e. The van der Waals surface area contributed by atoms with Gasteiger partial charge in [0.2, 0.25) is 5.88 Å². The molecule has 5 heteroatoms. The Labute approximate surface area is 153 Å². The van der Waals surface area contributed by atoms with Gasteiger partial charge in [0.05, 0.1) is 24.1 Å². The van der Waals surface area contributed by atoms with Gasteiger partial charge >= 0.3 is 5.97 Å². The summed E-state index contributed by atoms with van der Waals surface area (Å²) in [4.78, 5) is 20.6. The molecule has 0 unspecified atom stereocenters. The van der Waals surface area contributed by atoms with Crippen LogP contribution >= 0.6 is 0 Å². The number of carbonyl (C=O) groups is 1. The Morgan fingerprint density at radius 1 is 0.962 bits per heavy atom. The van der Waals surface area contributed by atoms with Crippen molar-refractivity contribution in [2.24, 2.45) is 0 Å². The van der Waals surface area contributed by atoms with E-state index in [9.17, 15) is 4.79 Å². The Morgan fingerprint density at radius 2 is 1.73 bits per heavy atom. The number of fused-ring (bicyclic) bond motifs is 1. The molecule has 0 aliphatic rings. The van der Waals surface area contributed by atoms with Crippen molar-refractivity contribution in [2.45, 2.75) is 26.2 Å². The van der Waals surface area contributed by atoms with Crippen LogP contribution < -0.4 is 4.74 Å². The molecule has 0 aliphatic carbocycles. The molecule has 0 aliphatic heterocycles. The summed E-state index contributed by atoms with van der Waals surface area (Å²) in [5.74, 6) is 1.06. The number of aromatic nitrogens is 2. The van der Waals surface area contributed by atoms with Crippen molar-refractivity contribution in [1.82, 2.24) is 9.97 Å². The number of hydrogen-bond donors (Lipinski definition) is 0. The largest absolute Gasteiger partial charge is 0.477 e. The summed E-state index contributed by atoms with van der Waals surface area (Å²) in [5, 5.41) is 0.887. The van der Waals surface area contributed by atoms with Gasteiger partial charge in [-0.1, -0.05) is 42.5 Å². The second-order valence-corrected chi connectivity index (χ2v) is 5.85. The van der Waals surface area contributed by atoms with Gasteiger partial charge in [-0.15, -0.1) is 0 Å². The molecule has 3 rings (SSSR count). The van der Waals surface area contributed by atoms with E-state index in [1.807, 2.05) is 61.5 Å². The third-order valence-corrected chi connectivity index (χ3v) is 3.92. The van der Waals surface area contributed by atoms with Crippen LogP contribution in [0.1, 0.15) is 26.2 Å². The minimum atomic E-state index is -0.161. The van der Waals surface area contributed by atoms with Crippen molar-refractivity contribution < 1.29 is 14.3 Å². The summed E-state index contributed by atoms with van der Waals surface area (Å²) < 4.78 is 10.8. The fourth-order valence-corrected chi connectivity index (χ4v) is 2.65. The van der Waals surface area contributed by atoms with Gasteiger partial charge in [0.15, 0.2) is 5.82 Å². The number of rotatable bonds is 8. The highest BCUT2D eigenvalue weighted by molar-refractivity contribution is 5.85. The average molecular weight is 350 g/mol. The number of benzene rings is 2. The number of para-hydroxylation sites is 1. The zero-order valence-electron chi connectivity index (χ0n) is 14.9. The maximum atomic E-state index is 11.4. The summed E-state index contributed by atoms with van der Waals surface area (Å²) >= 11 is 0. The number of hydrogen-bond acceptors (Lipinski definition) is 5. The smallest absolute Gasteiger partial charge is 0.305 e. The van der Waals surface area contributed by atoms with E-state index < -0.39 is 0 Å². The number of nitrogens with zero attached hydrogens (tertiary/aromatic N) is 2. The fraction of sp³-hybridized carbons (Fsp3) is 0.286. The lowest BCUT2D eigenvalue weighted by molar-refractivity contribution is -0.143. The van der Waals surface area contributed by atoms with Crippen LogP contribution in [-0.4, -0.2) is 29.2 Å². The Balaban J connectivity index is 1.71. The molecule has 0 amide bonds. The molecule has 134 valence electrons. The van der Waals surface area contributed by atoms with Crippen molar-refractivity contribution in [2.75, 3.05) is 13.2 Å². The molecule has 2 aromatic carbocycles. The van der Waals surface area contributed by atoms with Crippen molar-refractivity contribution in [3.8, 4) is 17.3 Å². The van der Waals surface area contributed by atoms with Crippen LogP contribution in [0.4, 0.5) is 0 Å². The molecule has 0 saturated carbocycles. The molecule has 1 aromatic heterocycles. The second kappa shape index (κ2) is 8.94. The standard InChI is InChI=1S/C21H22N2O3/c1-2-25-19(24)14-8-9-15-26-21-17-12-6-7-13-18(17)22-20(23-21)16-10-4-3-5-11-16/h3-7,10-13H,2,8-9,14-15H2,1H3. The molecule has 0 bridgehead atoms. The summed E-state index contributed by atoms with van der Waals surface area (Å²) in [7, 11) is 0. The van der Waals surface area contributed by atoms with Crippen LogP contribution in [0, 0.1) is 0 Å². The molecule has 0 saturated heterocycles. The van der Waals surface area contributed by atoms with Crippen molar-refractivity contribution >= 4 is 16.9 Å². The monoisotopic (exact) mass is 350 g/mol. The fourth-order valence-electron chi connectivity index (χ4n) is 2.65. The predicted molar refractivity (Wildman–Crippen MR) is 101 cm³/mol. The molecule has 0 radical (unpaired) electrons. The highest BCUT2D eigenvalue weighted by Crippen LogP contribution is 2.26. The lowest BCUT2D eigenvalue weighted by atomic mass is 10.2. The van der Waals surface area contributed by atoms with Crippen molar-refractivity contribution in [3.05, 3.63) is 54.6 Å². The predicted octanol–water partition coefficient (Wildman–Crippen LogP) is 4.41. The molecular formula is C21H22N2O3. The zero-order valence-corrected chi connectivity index (χ0v) is 14.9. The molecule has 3 aromatic rings. The number of unbranched alkanes of at least 4 members (excludes halogenated alkanes) is 1. The van der Waals surface area contributed by atoms with Gasteiger partial charge in [0.25, 0.3) is 0 Å². The van der Waals surface area contributed by atoms with Crippen LogP contribution in [0.15, 0.2) is 54.6 Å². The normalized spacial score (nSPS) is 10.7. The van der Waals surface area contributed by atoms with Gasteiger partial charge in [0, 0.05) is 12.0 Å². The first-order valence-electron chi connectivity index (χ1n) is 8.88. The third-order valence-electron chi connectivity index (χ3n) is 3.92. The topological polar surface area (TPSA) is 61.3 Å². The number of ether oxygens (including phenoxy) is 2. The number of esters is 1. The molecule has 0 spiro atoms. The van der Waals surface area contributed by atoms with Gasteiger partial charge in [-0.2, -0.15) is 4.98 Å². The van der Waals surface area contributed by atoms with E-state index in [1.165, 1.54) is 0 Å². The Bertz CT molecular complexity index is 866. The van der Waals surface area contributed by atoms with Crippen molar-refractivity contribution in [1.29, 1.82) is 0 Å². The maximum Gasteiger partial charge on any atom is 0.305 e. The van der Waals surface area contributed by atoms with Gasteiger partial charge < -0.3 is 9.47 Å². The highest BCUT2D eigenvalue weighted by Gasteiger charge is 2.10. The van der Waals surface area contributed by atoms with Gasteiger partial charge in [0.1, 0.15) is 0 Å². The van der Waals surface area contributed by atoms with Crippen LogP contribution in [0.25, 0.3) is 22.3 Å². The summed E-state index contributed by atoms with van der Waals surface area (Å²) in [5.41, 5.74) is 1.80. The first kappa shape index (κ1) is 17.9. The van der Waals surface area contributed by atoms with E-state index in [4.69, 9.17) is 9.47 Å². The van der Waals surface area contributed by atoms with E-state index in [0.717, 1.165) is 29.3 Å². The van der Waals surface area contributed by atoms with Gasteiger partial charge in [-0.05, 0) is 31.9 Å². The van der Waals surface area contributed by atoms with Crippen LogP contribution in [0.2, 0.25) is 0 Å². The van der Waals surface area contributed by atoms with Gasteiger partial charge in [-0.25, -0.2) is 4.98 Å². The van der Waals surface area contributed by atoms with E-state index in [0.29, 0.717) is 31.3 Å². The molecule has 0 fully saturated rings. The van der Waals surface area contributed by atoms with E-state index in [2.05, 4.69) is 9.97 Å². The number of carbonyl (C=O) groups excluding carboxylic acids is 1. The Kier molecular flexibility index (Phi) is 6.14. The lowest BCUT2D eigenvalue weighted by Gasteiger charge is -2.10. The van der Waals surface area contributed by atoms with E-state index >= 15 is 0 Å². The maximum absolute atomic E-state index is 11.4. The lowest BCUT2D eigenvalue weighted by Crippen LogP contribution is -2.06. The SMILES string of the molecule is CCOC(=O)CCCCOc1nc(-c2ccccc2)nc2ccccc12. The second-order valence-electron chi connectivity index (χ2n) is 5.85. The summed E-state index contributed by atoms with van der Waals surface area (Å²) in [6.07, 6.45) is 1.90. The zero-order chi connectivity index (χ0) is 18.2. The summed E-state index contributed by atoms with van der Waals surface area (Å²) in [6, 6.07) is 17.7. The molecule has 5 nitrogen and oxygen atoms in total.